The second kappa shape index (κ2) is 8.22. The number of benzene rings is 2. The van der Waals surface area contributed by atoms with E-state index in [4.69, 9.17) is 22.4 Å². The molecule has 0 saturated heterocycles. The number of nitrogens with two attached hydrogens (primary N) is 1. The minimum absolute atomic E-state index is 0.0562. The third-order valence-electron chi connectivity index (χ3n) is 4.18. The van der Waals surface area contributed by atoms with Gasteiger partial charge < -0.3 is 15.5 Å². The number of anilines is 1. The van der Waals surface area contributed by atoms with Crippen molar-refractivity contribution < 1.29 is 22.4 Å². The highest BCUT2D eigenvalue weighted by Crippen LogP contribution is 2.30. The number of thiocarbonyl (C=S) groups is 1. The lowest BCUT2D eigenvalue weighted by Crippen LogP contribution is -2.34. The van der Waals surface area contributed by atoms with E-state index in [1.165, 1.54) is 38.4 Å². The molecule has 1 heterocycles. The zero-order valence-corrected chi connectivity index (χ0v) is 17.6. The minimum atomic E-state index is -3.60. The Bertz CT molecular complexity index is 1250. The number of furan rings is 1. The first-order valence-corrected chi connectivity index (χ1v) is 10.4. The largest absolute Gasteiger partial charge is 0.449 e. The van der Waals surface area contributed by atoms with Crippen molar-refractivity contribution in [1.29, 1.82) is 0 Å². The van der Waals surface area contributed by atoms with Crippen LogP contribution in [-0.2, 0) is 10.0 Å². The summed E-state index contributed by atoms with van der Waals surface area (Å²) in [7, 11) is -0.768. The van der Waals surface area contributed by atoms with Gasteiger partial charge in [0.1, 0.15) is 11.3 Å². The predicted octanol–water partition coefficient (Wildman–Crippen LogP) is 1.91. The van der Waals surface area contributed by atoms with Gasteiger partial charge in [0.25, 0.3) is 11.8 Å². The lowest BCUT2D eigenvalue weighted by Gasteiger charge is -2.12. The number of carbonyl (C=O) groups excluding carboxylic acids is 2. The molecule has 0 spiro atoms. The van der Waals surface area contributed by atoms with Gasteiger partial charge in [-0.15, -0.1) is 0 Å². The van der Waals surface area contributed by atoms with Gasteiger partial charge in [0.2, 0.25) is 15.8 Å². The topological polar surface area (TPSA) is 135 Å². The fraction of sp³-hybridized carbons (Fsp3) is 0.105. The molecule has 0 saturated carbocycles. The van der Waals surface area contributed by atoms with E-state index in [1.807, 2.05) is 0 Å². The van der Waals surface area contributed by atoms with Crippen LogP contribution >= 0.6 is 12.2 Å². The number of fused-ring (bicyclic) bond motifs is 1. The van der Waals surface area contributed by atoms with Crippen molar-refractivity contribution in [3.8, 4) is 0 Å². The smallest absolute Gasteiger partial charge is 0.286 e. The highest BCUT2D eigenvalue weighted by atomic mass is 32.2. The van der Waals surface area contributed by atoms with Crippen molar-refractivity contribution in [2.24, 2.45) is 5.73 Å². The van der Waals surface area contributed by atoms with Crippen LogP contribution in [0.4, 0.5) is 5.69 Å². The summed E-state index contributed by atoms with van der Waals surface area (Å²) in [6.45, 7) is 0. The average Bonchev–Trinajstić information content (AvgIpc) is 3.06. The third-order valence-corrected chi connectivity index (χ3v) is 6.21. The van der Waals surface area contributed by atoms with Crippen molar-refractivity contribution in [2.45, 2.75) is 4.90 Å². The molecule has 1 aromatic heterocycles. The molecule has 0 unspecified atom stereocenters. The Morgan fingerprint density at radius 2 is 1.70 bits per heavy atom. The van der Waals surface area contributed by atoms with Crippen LogP contribution in [-0.4, -0.2) is 43.7 Å². The molecule has 156 valence electrons. The Balaban J connectivity index is 1.77. The number of carbonyl (C=O) groups is 2. The molecule has 11 heteroatoms. The number of primary amides is 1. The number of para-hydroxylation sites is 1. The van der Waals surface area contributed by atoms with Gasteiger partial charge in [-0.2, -0.15) is 0 Å². The lowest BCUT2D eigenvalue weighted by molar-refractivity contribution is 0.0970. The molecule has 0 fully saturated rings. The summed E-state index contributed by atoms with van der Waals surface area (Å²) in [5.41, 5.74) is 6.24. The second-order valence-electron chi connectivity index (χ2n) is 6.39. The fourth-order valence-electron chi connectivity index (χ4n) is 2.65. The Kier molecular flexibility index (Phi) is 5.87. The van der Waals surface area contributed by atoms with Crippen LogP contribution in [0.5, 0.6) is 0 Å². The molecule has 9 nitrogen and oxygen atoms in total. The molecular formula is C19H18N4O5S2. The number of hydrogen-bond acceptors (Lipinski definition) is 6. The van der Waals surface area contributed by atoms with E-state index < -0.39 is 21.8 Å². The maximum atomic E-state index is 12.4. The first kappa shape index (κ1) is 21.4. The Morgan fingerprint density at radius 1 is 1.07 bits per heavy atom. The molecule has 0 aliphatic rings. The molecule has 0 bridgehead atoms. The first-order chi connectivity index (χ1) is 14.1. The number of rotatable bonds is 5. The standard InChI is InChI=1S/C19H18N4O5S2/c1-23(2)30(26,27)12-9-7-11(8-10-12)18(25)22-19(29)21-15-13-5-3-4-6-14(13)28-16(15)17(20)24/h3-10H,1-2H3,(H2,20,24)(H2,21,22,25,29). The highest BCUT2D eigenvalue weighted by molar-refractivity contribution is 7.89. The van der Waals surface area contributed by atoms with Crippen molar-refractivity contribution in [3.63, 3.8) is 0 Å². The molecule has 4 N–H and O–H groups in total. The summed E-state index contributed by atoms with van der Waals surface area (Å²) in [4.78, 5) is 24.2. The maximum absolute atomic E-state index is 12.4. The zero-order valence-electron chi connectivity index (χ0n) is 16.0. The predicted molar refractivity (Wildman–Crippen MR) is 116 cm³/mol. The van der Waals surface area contributed by atoms with Gasteiger partial charge in [-0.25, -0.2) is 12.7 Å². The summed E-state index contributed by atoms with van der Waals surface area (Å²) in [5, 5.41) is 5.73. The van der Waals surface area contributed by atoms with Gasteiger partial charge in [0.05, 0.1) is 4.90 Å². The molecule has 3 aromatic rings. The maximum Gasteiger partial charge on any atom is 0.286 e. The molecule has 0 atom stereocenters. The number of nitrogens with one attached hydrogen (secondary N) is 2. The van der Waals surface area contributed by atoms with E-state index in [0.29, 0.717) is 11.0 Å². The summed E-state index contributed by atoms with van der Waals surface area (Å²) in [6.07, 6.45) is 0. The van der Waals surface area contributed by atoms with Crippen molar-refractivity contribution in [2.75, 3.05) is 19.4 Å². The number of amides is 2. The number of sulfonamides is 1. The molecule has 0 aliphatic heterocycles. The van der Waals surface area contributed by atoms with Gasteiger partial charge >= 0.3 is 0 Å². The SMILES string of the molecule is CN(C)S(=O)(=O)c1ccc(C(=O)NC(=S)Nc2c(C(N)=O)oc3ccccc23)cc1. The zero-order chi connectivity index (χ0) is 22.1. The quantitative estimate of drug-likeness (QED) is 0.510. The summed E-state index contributed by atoms with van der Waals surface area (Å²) in [5.74, 6) is -1.47. The molecule has 2 aromatic carbocycles. The summed E-state index contributed by atoms with van der Waals surface area (Å²) in [6, 6.07) is 12.3. The van der Waals surface area contributed by atoms with Crippen molar-refractivity contribution >= 4 is 55.8 Å². The van der Waals surface area contributed by atoms with E-state index in [1.54, 1.807) is 24.3 Å². The second-order valence-corrected chi connectivity index (χ2v) is 8.95. The number of hydrogen-bond donors (Lipinski definition) is 3. The minimum Gasteiger partial charge on any atom is -0.449 e. The van der Waals surface area contributed by atoms with Gasteiger partial charge in [-0.05, 0) is 48.6 Å². The fourth-order valence-corrected chi connectivity index (χ4v) is 3.75. The van der Waals surface area contributed by atoms with Crippen LogP contribution in [0.3, 0.4) is 0 Å². The van der Waals surface area contributed by atoms with Crippen LogP contribution in [0.1, 0.15) is 20.9 Å². The summed E-state index contributed by atoms with van der Waals surface area (Å²) < 4.78 is 30.7. The molecular weight excluding hydrogens is 428 g/mol. The Hall–Kier alpha value is -3.28. The van der Waals surface area contributed by atoms with E-state index in [0.717, 1.165) is 4.31 Å². The van der Waals surface area contributed by atoms with Gasteiger partial charge in [-0.1, -0.05) is 12.1 Å². The molecule has 0 radical (unpaired) electrons. The van der Waals surface area contributed by atoms with Crippen LogP contribution in [0.2, 0.25) is 0 Å². The molecule has 30 heavy (non-hydrogen) atoms. The van der Waals surface area contributed by atoms with Gasteiger partial charge in [0, 0.05) is 25.0 Å². The van der Waals surface area contributed by atoms with E-state index in [2.05, 4.69) is 10.6 Å². The van der Waals surface area contributed by atoms with Crippen molar-refractivity contribution in [3.05, 3.63) is 59.9 Å². The van der Waals surface area contributed by atoms with E-state index in [-0.39, 0.29) is 27.0 Å². The van der Waals surface area contributed by atoms with Crippen molar-refractivity contribution in [1.82, 2.24) is 9.62 Å². The highest BCUT2D eigenvalue weighted by Gasteiger charge is 2.21. The monoisotopic (exact) mass is 446 g/mol. The molecule has 0 aliphatic carbocycles. The van der Waals surface area contributed by atoms with Crippen LogP contribution in [0, 0.1) is 0 Å². The van der Waals surface area contributed by atoms with E-state index in [9.17, 15) is 18.0 Å². The first-order valence-electron chi connectivity index (χ1n) is 8.57. The molecule has 3 rings (SSSR count). The average molecular weight is 447 g/mol. The number of nitrogens with zero attached hydrogens (tertiary/aromatic N) is 1. The normalized spacial score (nSPS) is 11.4. The van der Waals surface area contributed by atoms with E-state index >= 15 is 0 Å². The lowest BCUT2D eigenvalue weighted by atomic mass is 10.2. The van der Waals surface area contributed by atoms with Crippen LogP contribution in [0.15, 0.2) is 57.8 Å². The Morgan fingerprint density at radius 3 is 2.30 bits per heavy atom. The van der Waals surface area contributed by atoms with Gasteiger partial charge in [0.15, 0.2) is 5.11 Å². The van der Waals surface area contributed by atoms with Crippen LogP contribution in [0.25, 0.3) is 11.0 Å². The Labute approximate surface area is 177 Å². The summed E-state index contributed by atoms with van der Waals surface area (Å²) >= 11 is 5.17. The molecule has 2 amide bonds. The third kappa shape index (κ3) is 4.17. The van der Waals surface area contributed by atoms with Crippen LogP contribution < -0.4 is 16.4 Å². The van der Waals surface area contributed by atoms with Gasteiger partial charge in [-0.3, -0.25) is 14.9 Å².